The summed E-state index contributed by atoms with van der Waals surface area (Å²) in [5, 5.41) is 7.01. The van der Waals surface area contributed by atoms with Crippen molar-refractivity contribution in [1.29, 1.82) is 0 Å². The van der Waals surface area contributed by atoms with Crippen molar-refractivity contribution in [2.45, 2.75) is 19.4 Å². The summed E-state index contributed by atoms with van der Waals surface area (Å²) in [6.07, 6.45) is 4.09. The summed E-state index contributed by atoms with van der Waals surface area (Å²) in [5.41, 5.74) is 6.20. The molecule has 4 aromatic rings. The van der Waals surface area contributed by atoms with Gasteiger partial charge in [0.25, 0.3) is 5.91 Å². The number of carbonyl (C=O) groups excluding carboxylic acids is 1. The Bertz CT molecular complexity index is 1340. The van der Waals surface area contributed by atoms with E-state index in [0.29, 0.717) is 22.9 Å². The fourth-order valence-corrected chi connectivity index (χ4v) is 4.42. The van der Waals surface area contributed by atoms with E-state index in [1.165, 1.54) is 12.8 Å². The van der Waals surface area contributed by atoms with Gasteiger partial charge in [0.2, 0.25) is 0 Å². The third kappa shape index (κ3) is 5.47. The number of nitrogens with zero attached hydrogens (tertiary/aromatic N) is 2. The Morgan fingerprint density at radius 2 is 1.69 bits per heavy atom. The zero-order chi connectivity index (χ0) is 24.0. The molecule has 1 saturated heterocycles. The number of fused-ring (bicyclic) bond motifs is 1. The minimum atomic E-state index is -0.252. The molecule has 0 aliphatic carbocycles. The molecule has 5 nitrogen and oxygen atoms in total. The van der Waals surface area contributed by atoms with Crippen LogP contribution in [-0.4, -0.2) is 25.2 Å². The lowest BCUT2D eigenvalue weighted by Gasteiger charge is -2.17. The molecule has 6 heteroatoms. The molecule has 1 fully saturated rings. The minimum Gasteiger partial charge on any atom is -0.488 e. The quantitative estimate of drug-likeness (QED) is 0.243. The van der Waals surface area contributed by atoms with Gasteiger partial charge in [-0.15, -0.1) is 0 Å². The number of amides is 1. The number of halogens is 1. The number of hydrazone groups is 1. The van der Waals surface area contributed by atoms with Crippen LogP contribution in [0, 0.1) is 0 Å². The molecule has 0 radical (unpaired) electrons. The normalized spacial score (nSPS) is 13.5. The van der Waals surface area contributed by atoms with Crippen LogP contribution in [0.3, 0.4) is 0 Å². The molecule has 1 N–H and O–H groups in total. The van der Waals surface area contributed by atoms with E-state index in [-0.39, 0.29) is 5.91 Å². The summed E-state index contributed by atoms with van der Waals surface area (Å²) < 4.78 is 6.12. The van der Waals surface area contributed by atoms with Crippen LogP contribution in [0.4, 0.5) is 5.69 Å². The van der Waals surface area contributed by atoms with Crippen LogP contribution in [0.25, 0.3) is 10.8 Å². The van der Waals surface area contributed by atoms with E-state index in [0.717, 1.165) is 40.7 Å². The Kier molecular flexibility index (Phi) is 6.96. The van der Waals surface area contributed by atoms with E-state index in [2.05, 4.69) is 15.4 Å². The molecule has 0 unspecified atom stereocenters. The standard InChI is InChI=1S/C29H26ClN3O2/c30-24-12-7-21(8-13-24)20-35-28-16-11-22-5-1-2-6-26(22)27(28)19-31-32-29(34)23-9-14-25(15-10-23)33-17-3-4-18-33/h1-2,5-16,19H,3-4,17-18,20H2,(H,32,34)/b31-19-. The molecule has 1 heterocycles. The van der Waals surface area contributed by atoms with Gasteiger partial charge in [-0.1, -0.05) is 54.1 Å². The fourth-order valence-electron chi connectivity index (χ4n) is 4.30. The second kappa shape index (κ2) is 10.6. The molecule has 0 saturated carbocycles. The summed E-state index contributed by atoms with van der Waals surface area (Å²) >= 11 is 5.99. The molecule has 4 aromatic carbocycles. The van der Waals surface area contributed by atoms with Gasteiger partial charge in [0, 0.05) is 34.9 Å². The molecule has 0 atom stereocenters. The highest BCUT2D eigenvalue weighted by Gasteiger charge is 2.13. The van der Waals surface area contributed by atoms with E-state index in [1.54, 1.807) is 6.21 Å². The van der Waals surface area contributed by atoms with E-state index in [4.69, 9.17) is 16.3 Å². The zero-order valence-electron chi connectivity index (χ0n) is 19.3. The topological polar surface area (TPSA) is 53.9 Å². The van der Waals surface area contributed by atoms with Gasteiger partial charge >= 0.3 is 0 Å². The number of hydrogen-bond acceptors (Lipinski definition) is 4. The van der Waals surface area contributed by atoms with Gasteiger partial charge in [-0.2, -0.15) is 5.10 Å². The van der Waals surface area contributed by atoms with Crippen LogP contribution >= 0.6 is 11.6 Å². The highest BCUT2D eigenvalue weighted by Crippen LogP contribution is 2.27. The number of anilines is 1. The number of benzene rings is 4. The van der Waals surface area contributed by atoms with Crippen LogP contribution < -0.4 is 15.1 Å². The maximum absolute atomic E-state index is 12.7. The predicted molar refractivity (Wildman–Crippen MR) is 143 cm³/mol. The van der Waals surface area contributed by atoms with Crippen molar-refractivity contribution in [2.75, 3.05) is 18.0 Å². The monoisotopic (exact) mass is 483 g/mol. The first-order valence-electron chi connectivity index (χ1n) is 11.7. The van der Waals surface area contributed by atoms with Gasteiger partial charge < -0.3 is 9.64 Å². The molecule has 0 spiro atoms. The van der Waals surface area contributed by atoms with Crippen molar-refractivity contribution in [1.82, 2.24) is 5.43 Å². The molecular formula is C29H26ClN3O2. The van der Waals surface area contributed by atoms with E-state index in [9.17, 15) is 4.79 Å². The fraction of sp³-hybridized carbons (Fsp3) is 0.172. The first-order valence-corrected chi connectivity index (χ1v) is 12.1. The van der Waals surface area contributed by atoms with Crippen LogP contribution in [-0.2, 0) is 6.61 Å². The largest absolute Gasteiger partial charge is 0.488 e. The van der Waals surface area contributed by atoms with E-state index < -0.39 is 0 Å². The third-order valence-corrected chi connectivity index (χ3v) is 6.45. The average Bonchev–Trinajstić information content (AvgIpc) is 3.44. The van der Waals surface area contributed by atoms with Gasteiger partial charge in [0.15, 0.2) is 0 Å². The highest BCUT2D eigenvalue weighted by atomic mass is 35.5. The molecule has 5 rings (SSSR count). The van der Waals surface area contributed by atoms with Gasteiger partial charge in [-0.05, 0) is 71.6 Å². The number of ether oxygens (including phenoxy) is 1. The van der Waals surface area contributed by atoms with Crippen LogP contribution in [0.15, 0.2) is 90.0 Å². The maximum atomic E-state index is 12.7. The third-order valence-electron chi connectivity index (χ3n) is 6.20. The average molecular weight is 484 g/mol. The molecule has 1 aliphatic rings. The van der Waals surface area contributed by atoms with Crippen molar-refractivity contribution in [3.05, 3.63) is 107 Å². The first kappa shape index (κ1) is 22.9. The second-order valence-corrected chi connectivity index (χ2v) is 8.99. The molecule has 1 aliphatic heterocycles. The summed E-state index contributed by atoms with van der Waals surface area (Å²) in [5.74, 6) is 0.435. The summed E-state index contributed by atoms with van der Waals surface area (Å²) in [4.78, 5) is 15.0. The number of carbonyl (C=O) groups is 1. The van der Waals surface area contributed by atoms with Crippen molar-refractivity contribution >= 4 is 40.2 Å². The number of hydrogen-bond donors (Lipinski definition) is 1. The Hall–Kier alpha value is -3.83. The lowest BCUT2D eigenvalue weighted by Crippen LogP contribution is -2.19. The predicted octanol–water partition coefficient (Wildman–Crippen LogP) is 6.44. The van der Waals surface area contributed by atoms with Crippen LogP contribution in [0.5, 0.6) is 5.75 Å². The van der Waals surface area contributed by atoms with Crippen molar-refractivity contribution in [3.8, 4) is 5.75 Å². The van der Waals surface area contributed by atoms with Gasteiger partial charge in [0.1, 0.15) is 12.4 Å². The van der Waals surface area contributed by atoms with Crippen LogP contribution in [0.2, 0.25) is 5.02 Å². The van der Waals surface area contributed by atoms with E-state index >= 15 is 0 Å². The Morgan fingerprint density at radius 1 is 0.943 bits per heavy atom. The van der Waals surface area contributed by atoms with Crippen molar-refractivity contribution in [3.63, 3.8) is 0 Å². The Balaban J connectivity index is 1.32. The molecule has 0 bridgehead atoms. The van der Waals surface area contributed by atoms with Crippen molar-refractivity contribution < 1.29 is 9.53 Å². The highest BCUT2D eigenvalue weighted by molar-refractivity contribution is 6.30. The zero-order valence-corrected chi connectivity index (χ0v) is 20.0. The van der Waals surface area contributed by atoms with Gasteiger partial charge in [0.05, 0.1) is 6.21 Å². The lowest BCUT2D eigenvalue weighted by molar-refractivity contribution is 0.0955. The first-order chi connectivity index (χ1) is 17.2. The smallest absolute Gasteiger partial charge is 0.271 e. The number of rotatable bonds is 7. The van der Waals surface area contributed by atoms with Gasteiger partial charge in [-0.3, -0.25) is 4.79 Å². The SMILES string of the molecule is O=C(N/N=C\c1c(OCc2ccc(Cl)cc2)ccc2ccccc12)c1ccc(N2CCCC2)cc1. The maximum Gasteiger partial charge on any atom is 0.271 e. The molecule has 0 aromatic heterocycles. The molecule has 1 amide bonds. The van der Waals surface area contributed by atoms with Gasteiger partial charge in [-0.25, -0.2) is 5.43 Å². The van der Waals surface area contributed by atoms with Crippen LogP contribution in [0.1, 0.15) is 34.3 Å². The molecular weight excluding hydrogens is 458 g/mol. The summed E-state index contributed by atoms with van der Waals surface area (Å²) in [7, 11) is 0. The Labute approximate surface area is 210 Å². The summed E-state index contributed by atoms with van der Waals surface area (Å²) in [6, 6.07) is 27.2. The lowest BCUT2D eigenvalue weighted by atomic mass is 10.0. The van der Waals surface area contributed by atoms with Crippen molar-refractivity contribution in [2.24, 2.45) is 5.10 Å². The second-order valence-electron chi connectivity index (χ2n) is 8.55. The minimum absolute atomic E-state index is 0.252. The number of nitrogens with one attached hydrogen (secondary N) is 1. The van der Waals surface area contributed by atoms with E-state index in [1.807, 2.05) is 84.9 Å². The molecule has 35 heavy (non-hydrogen) atoms. The Morgan fingerprint density at radius 3 is 2.46 bits per heavy atom. The molecule has 176 valence electrons. The summed E-state index contributed by atoms with van der Waals surface area (Å²) in [6.45, 7) is 2.54.